The van der Waals surface area contributed by atoms with Gasteiger partial charge in [0.1, 0.15) is 11.5 Å². The molecule has 0 heterocycles. The third-order valence-corrected chi connectivity index (χ3v) is 3.77. The van der Waals surface area contributed by atoms with Crippen molar-refractivity contribution in [3.8, 4) is 11.5 Å². The average molecular weight is 477 g/mol. The number of rotatable bonds is 10. The van der Waals surface area contributed by atoms with Gasteiger partial charge in [-0.2, -0.15) is 0 Å². The molecule has 1 unspecified atom stereocenters. The van der Waals surface area contributed by atoms with Crippen LogP contribution in [0, 0.1) is 0 Å². The maximum atomic E-state index is 10.5. The minimum Gasteiger partial charge on any atom is -0.497 e. The number of unbranched alkanes of at least 4 members (excludes halogenated alkanes) is 1. The van der Waals surface area contributed by atoms with Gasteiger partial charge in [-0.05, 0) is 37.5 Å². The zero-order valence-electron chi connectivity index (χ0n) is 16.2. The van der Waals surface area contributed by atoms with Crippen LogP contribution in [0.4, 0.5) is 0 Å². The van der Waals surface area contributed by atoms with E-state index in [0.29, 0.717) is 17.1 Å². The van der Waals surface area contributed by atoms with Crippen molar-refractivity contribution in [1.82, 2.24) is 10.2 Å². The first-order valence-corrected chi connectivity index (χ1v) is 8.57. The molecule has 0 amide bonds. The summed E-state index contributed by atoms with van der Waals surface area (Å²) < 4.78 is 10.5. The molecule has 0 fully saturated rings. The highest BCUT2D eigenvalue weighted by atomic mass is 127. The molecular weight excluding hydrogens is 445 g/mol. The van der Waals surface area contributed by atoms with Crippen LogP contribution in [0.1, 0.15) is 31.4 Å². The molecular formula is C19H32IN3O3. The lowest BCUT2D eigenvalue weighted by atomic mass is 10.1. The van der Waals surface area contributed by atoms with E-state index in [2.05, 4.69) is 21.8 Å². The molecule has 1 atom stereocenters. The second-order valence-electron chi connectivity index (χ2n) is 5.71. The number of nitrogens with zero attached hydrogens (tertiary/aromatic N) is 2. The third kappa shape index (κ3) is 8.27. The number of methoxy groups -OCH3 is 2. The molecule has 0 saturated heterocycles. The largest absolute Gasteiger partial charge is 0.497 e. The summed E-state index contributed by atoms with van der Waals surface area (Å²) in [6, 6.07) is 5.36. The zero-order valence-corrected chi connectivity index (χ0v) is 18.5. The summed E-state index contributed by atoms with van der Waals surface area (Å²) in [5.74, 6) is 2.07. The maximum Gasteiger partial charge on any atom is 0.193 e. The fourth-order valence-electron chi connectivity index (χ4n) is 2.35. The number of hydrogen-bond acceptors (Lipinski definition) is 4. The summed E-state index contributed by atoms with van der Waals surface area (Å²) in [5, 5.41) is 13.7. The molecule has 0 bridgehead atoms. The smallest absolute Gasteiger partial charge is 0.193 e. The Hall–Kier alpha value is -1.48. The Kier molecular flexibility index (Phi) is 12.9. The van der Waals surface area contributed by atoms with Crippen LogP contribution >= 0.6 is 24.0 Å². The van der Waals surface area contributed by atoms with Crippen molar-refractivity contribution in [2.45, 2.75) is 25.9 Å². The van der Waals surface area contributed by atoms with Gasteiger partial charge < -0.3 is 24.8 Å². The van der Waals surface area contributed by atoms with Crippen molar-refractivity contribution in [2.75, 3.05) is 40.9 Å². The Morgan fingerprint density at radius 1 is 1.31 bits per heavy atom. The monoisotopic (exact) mass is 477 g/mol. The van der Waals surface area contributed by atoms with Gasteiger partial charge in [0.25, 0.3) is 0 Å². The quantitative estimate of drug-likeness (QED) is 0.178. The fourth-order valence-corrected chi connectivity index (χ4v) is 2.35. The van der Waals surface area contributed by atoms with Gasteiger partial charge in [-0.15, -0.1) is 30.6 Å². The average Bonchev–Trinajstić information content (AvgIpc) is 2.64. The van der Waals surface area contributed by atoms with E-state index in [1.54, 1.807) is 32.4 Å². The van der Waals surface area contributed by atoms with Gasteiger partial charge in [0.15, 0.2) is 5.96 Å². The van der Waals surface area contributed by atoms with Crippen LogP contribution in [0.25, 0.3) is 0 Å². The minimum absolute atomic E-state index is 0. The molecule has 26 heavy (non-hydrogen) atoms. The second-order valence-corrected chi connectivity index (χ2v) is 5.71. The number of aliphatic hydroxyl groups excluding tert-OH is 1. The lowest BCUT2D eigenvalue weighted by Crippen LogP contribution is -2.39. The van der Waals surface area contributed by atoms with Crippen LogP contribution in [0.2, 0.25) is 0 Å². The highest BCUT2D eigenvalue weighted by Gasteiger charge is 2.12. The number of nitrogens with one attached hydrogen (secondary N) is 1. The molecule has 1 aromatic rings. The SMILES string of the molecule is C=CCCCN(C)C(=NCC(O)c1cc(OC)cc(OC)c1)NCC.I. The van der Waals surface area contributed by atoms with Crippen LogP contribution in [-0.2, 0) is 0 Å². The van der Waals surface area contributed by atoms with Crippen LogP contribution in [0.3, 0.4) is 0 Å². The van der Waals surface area contributed by atoms with Gasteiger partial charge in [0.2, 0.25) is 0 Å². The Bertz CT molecular complexity index is 545. The van der Waals surface area contributed by atoms with Crippen LogP contribution < -0.4 is 14.8 Å². The van der Waals surface area contributed by atoms with Gasteiger partial charge in [0, 0.05) is 26.2 Å². The summed E-state index contributed by atoms with van der Waals surface area (Å²) in [6.07, 6.45) is 3.16. The van der Waals surface area contributed by atoms with Crippen molar-refractivity contribution >= 4 is 29.9 Å². The standard InChI is InChI=1S/C19H31N3O3.HI/c1-6-8-9-10-22(3)19(20-7-2)21-14-18(23)15-11-16(24-4)13-17(12-15)25-5;/h6,11-13,18,23H,1,7-10,14H2,2-5H3,(H,20,21);1H. The summed E-state index contributed by atoms with van der Waals surface area (Å²) in [5.41, 5.74) is 0.713. The van der Waals surface area contributed by atoms with E-state index in [0.717, 1.165) is 31.9 Å². The first kappa shape index (κ1) is 24.5. The molecule has 0 radical (unpaired) electrons. The fraction of sp³-hybridized carbons (Fsp3) is 0.526. The summed E-state index contributed by atoms with van der Waals surface area (Å²) >= 11 is 0. The predicted octanol–water partition coefficient (Wildman–Crippen LogP) is 3.22. The molecule has 7 heteroatoms. The highest BCUT2D eigenvalue weighted by Crippen LogP contribution is 2.26. The molecule has 2 N–H and O–H groups in total. The van der Waals surface area contributed by atoms with E-state index in [4.69, 9.17) is 9.47 Å². The molecule has 6 nitrogen and oxygen atoms in total. The Balaban J connectivity index is 0.00000625. The van der Waals surface area contributed by atoms with E-state index in [9.17, 15) is 5.11 Å². The highest BCUT2D eigenvalue weighted by molar-refractivity contribution is 14.0. The zero-order chi connectivity index (χ0) is 18.7. The summed E-state index contributed by atoms with van der Waals surface area (Å²) in [6.45, 7) is 7.67. The van der Waals surface area contributed by atoms with Crippen molar-refractivity contribution in [3.05, 3.63) is 36.4 Å². The lowest BCUT2D eigenvalue weighted by Gasteiger charge is -2.22. The van der Waals surface area contributed by atoms with Crippen LogP contribution in [0.15, 0.2) is 35.8 Å². The van der Waals surface area contributed by atoms with Gasteiger partial charge in [0.05, 0.1) is 26.9 Å². The molecule has 0 saturated carbocycles. The van der Waals surface area contributed by atoms with Crippen molar-refractivity contribution in [3.63, 3.8) is 0 Å². The van der Waals surface area contributed by atoms with E-state index >= 15 is 0 Å². The van der Waals surface area contributed by atoms with Crippen molar-refractivity contribution in [1.29, 1.82) is 0 Å². The first-order chi connectivity index (χ1) is 12.0. The van der Waals surface area contributed by atoms with Crippen LogP contribution in [-0.4, -0.2) is 56.9 Å². The molecule has 0 aliphatic rings. The summed E-state index contributed by atoms with van der Waals surface area (Å²) in [7, 11) is 5.17. The number of aliphatic imine (C=N–C) groups is 1. The van der Waals surface area contributed by atoms with Gasteiger partial charge in [-0.25, -0.2) is 0 Å². The number of guanidine groups is 1. The molecule has 0 aliphatic heterocycles. The van der Waals surface area contributed by atoms with Gasteiger partial charge in [-0.3, -0.25) is 4.99 Å². The molecule has 0 aliphatic carbocycles. The number of allylic oxidation sites excluding steroid dienone is 1. The van der Waals surface area contributed by atoms with E-state index in [1.807, 2.05) is 20.0 Å². The Morgan fingerprint density at radius 2 is 1.92 bits per heavy atom. The van der Waals surface area contributed by atoms with Crippen molar-refractivity contribution < 1.29 is 14.6 Å². The number of hydrogen-bond donors (Lipinski definition) is 2. The first-order valence-electron chi connectivity index (χ1n) is 8.57. The molecule has 0 spiro atoms. The number of halogens is 1. The maximum absolute atomic E-state index is 10.5. The number of aliphatic hydroxyl groups is 1. The van der Waals surface area contributed by atoms with E-state index < -0.39 is 6.10 Å². The second kappa shape index (κ2) is 13.7. The molecule has 1 aromatic carbocycles. The van der Waals surface area contributed by atoms with E-state index in [-0.39, 0.29) is 30.5 Å². The lowest BCUT2D eigenvalue weighted by molar-refractivity contribution is 0.185. The Labute approximate surface area is 174 Å². The van der Waals surface area contributed by atoms with Gasteiger partial charge in [-0.1, -0.05) is 6.08 Å². The molecule has 148 valence electrons. The molecule has 1 rings (SSSR count). The van der Waals surface area contributed by atoms with E-state index in [1.165, 1.54) is 0 Å². The normalized spacial score (nSPS) is 12.0. The number of benzene rings is 1. The topological polar surface area (TPSA) is 66.3 Å². The minimum atomic E-state index is -0.737. The third-order valence-electron chi connectivity index (χ3n) is 3.77. The summed E-state index contributed by atoms with van der Waals surface area (Å²) in [4.78, 5) is 6.61. The van der Waals surface area contributed by atoms with Crippen molar-refractivity contribution in [2.24, 2.45) is 4.99 Å². The van der Waals surface area contributed by atoms with Gasteiger partial charge >= 0.3 is 0 Å². The molecule has 0 aromatic heterocycles. The number of ether oxygens (including phenoxy) is 2. The van der Waals surface area contributed by atoms with Crippen LogP contribution in [0.5, 0.6) is 11.5 Å². The predicted molar refractivity (Wildman–Crippen MR) is 118 cm³/mol. The Morgan fingerprint density at radius 3 is 2.42 bits per heavy atom.